The van der Waals surface area contributed by atoms with Crippen LogP contribution in [-0.2, 0) is 4.79 Å². The van der Waals surface area contributed by atoms with Gasteiger partial charge >= 0.3 is 0 Å². The molecule has 0 aromatic carbocycles. The Balaban J connectivity index is 2.59. The van der Waals surface area contributed by atoms with Crippen molar-refractivity contribution in [3.8, 4) is 0 Å². The number of alkyl halides is 1. The maximum Gasteiger partial charge on any atom is 0.236 e. The first kappa shape index (κ1) is 16.0. The summed E-state index contributed by atoms with van der Waals surface area (Å²) in [6.45, 7) is 13.0. The van der Waals surface area contributed by atoms with Crippen LogP contribution in [0, 0.1) is 17.3 Å². The maximum absolute atomic E-state index is 12.3. The van der Waals surface area contributed by atoms with Gasteiger partial charge < -0.3 is 4.90 Å². The molecule has 0 aromatic heterocycles. The highest BCUT2D eigenvalue weighted by atomic mass is 79.9. The first-order valence-electron chi connectivity index (χ1n) is 7.16. The molecule has 1 rings (SSSR count). The number of halogens is 1. The Morgan fingerprint density at radius 2 is 1.83 bits per heavy atom. The van der Waals surface area contributed by atoms with Crippen LogP contribution in [0.4, 0.5) is 0 Å². The first-order chi connectivity index (χ1) is 8.23. The molecule has 1 aliphatic rings. The van der Waals surface area contributed by atoms with Crippen LogP contribution in [0.3, 0.4) is 0 Å². The highest BCUT2D eigenvalue weighted by Crippen LogP contribution is 2.34. The Labute approximate surface area is 121 Å². The minimum atomic E-state index is -0.0244. The van der Waals surface area contributed by atoms with Crippen LogP contribution in [0.15, 0.2) is 0 Å². The number of amides is 1. The molecule has 0 bridgehead atoms. The van der Waals surface area contributed by atoms with Crippen molar-refractivity contribution in [1.82, 2.24) is 4.90 Å². The summed E-state index contributed by atoms with van der Waals surface area (Å²) < 4.78 is 0. The van der Waals surface area contributed by atoms with Crippen LogP contribution in [0.5, 0.6) is 0 Å². The number of hydrogen-bond donors (Lipinski definition) is 0. The zero-order chi connectivity index (χ0) is 13.9. The highest BCUT2D eigenvalue weighted by molar-refractivity contribution is 9.10. The lowest BCUT2D eigenvalue weighted by Crippen LogP contribution is -2.39. The van der Waals surface area contributed by atoms with Crippen molar-refractivity contribution in [3.63, 3.8) is 0 Å². The minimum absolute atomic E-state index is 0.0244. The molecule has 0 saturated carbocycles. The van der Waals surface area contributed by atoms with Gasteiger partial charge in [0.2, 0.25) is 5.91 Å². The predicted octanol–water partition coefficient (Wildman–Crippen LogP) is 4.08. The third-order valence-electron chi connectivity index (χ3n) is 4.09. The molecule has 2 atom stereocenters. The van der Waals surface area contributed by atoms with Gasteiger partial charge in [-0.15, -0.1) is 0 Å². The highest BCUT2D eigenvalue weighted by Gasteiger charge is 2.30. The zero-order valence-corrected chi connectivity index (χ0v) is 14.1. The van der Waals surface area contributed by atoms with Gasteiger partial charge in [-0.3, -0.25) is 4.79 Å². The number of nitrogens with zero attached hydrogens (tertiary/aromatic N) is 1. The van der Waals surface area contributed by atoms with Crippen LogP contribution in [0.2, 0.25) is 0 Å². The zero-order valence-electron chi connectivity index (χ0n) is 12.5. The summed E-state index contributed by atoms with van der Waals surface area (Å²) in [5.74, 6) is 1.38. The summed E-state index contributed by atoms with van der Waals surface area (Å²) in [4.78, 5) is 14.4. The molecular weight excluding hydrogens is 290 g/mol. The van der Waals surface area contributed by atoms with E-state index in [1.807, 2.05) is 0 Å². The smallest absolute Gasteiger partial charge is 0.236 e. The Hall–Kier alpha value is -0.0500. The molecule has 2 unspecified atom stereocenters. The van der Waals surface area contributed by atoms with Gasteiger partial charge in [0.15, 0.2) is 0 Å². The number of hydrogen-bond acceptors (Lipinski definition) is 1. The third kappa shape index (κ3) is 4.25. The van der Waals surface area contributed by atoms with Crippen LogP contribution in [0.25, 0.3) is 0 Å². The molecule has 0 N–H and O–H groups in total. The van der Waals surface area contributed by atoms with E-state index >= 15 is 0 Å². The predicted molar refractivity (Wildman–Crippen MR) is 80.9 cm³/mol. The number of carbonyl (C=O) groups excluding carboxylic acids is 1. The van der Waals surface area contributed by atoms with Gasteiger partial charge in [0.1, 0.15) is 0 Å². The molecule has 106 valence electrons. The fraction of sp³-hybridized carbons (Fsp3) is 0.933. The molecule has 1 aliphatic heterocycles. The molecular formula is C15H28BrNO. The molecule has 1 heterocycles. The fourth-order valence-corrected chi connectivity index (χ4v) is 2.93. The van der Waals surface area contributed by atoms with Crippen molar-refractivity contribution in [2.75, 3.05) is 13.1 Å². The second-order valence-electron chi connectivity index (χ2n) is 6.96. The van der Waals surface area contributed by atoms with E-state index in [1.54, 1.807) is 0 Å². The fourth-order valence-electron chi connectivity index (χ4n) is 2.64. The lowest BCUT2D eigenvalue weighted by atomic mass is 9.77. The Bertz CT molecular complexity index is 283. The Kier molecular flexibility index (Phi) is 5.69. The largest absolute Gasteiger partial charge is 0.342 e. The SMILES string of the molecule is CC(C)C(Br)C(=O)N1CCCC(C(C)(C)C)CC1. The van der Waals surface area contributed by atoms with Crippen LogP contribution >= 0.6 is 15.9 Å². The van der Waals surface area contributed by atoms with E-state index in [0.717, 1.165) is 31.8 Å². The Morgan fingerprint density at radius 3 is 2.33 bits per heavy atom. The van der Waals surface area contributed by atoms with Gasteiger partial charge in [0, 0.05) is 13.1 Å². The van der Waals surface area contributed by atoms with E-state index in [9.17, 15) is 4.79 Å². The minimum Gasteiger partial charge on any atom is -0.342 e. The normalized spacial score (nSPS) is 23.9. The molecule has 18 heavy (non-hydrogen) atoms. The standard InChI is InChI=1S/C15H28BrNO/c1-11(2)13(16)14(18)17-9-6-7-12(8-10-17)15(3,4)5/h11-13H,6-10H2,1-5H3. The van der Waals surface area contributed by atoms with Crippen LogP contribution in [-0.4, -0.2) is 28.7 Å². The maximum atomic E-state index is 12.3. The van der Waals surface area contributed by atoms with E-state index in [0.29, 0.717) is 11.3 Å². The topological polar surface area (TPSA) is 20.3 Å². The van der Waals surface area contributed by atoms with Crippen LogP contribution in [0.1, 0.15) is 53.9 Å². The van der Waals surface area contributed by atoms with Gasteiger partial charge in [-0.05, 0) is 36.5 Å². The van der Waals surface area contributed by atoms with E-state index in [4.69, 9.17) is 0 Å². The molecule has 0 aromatic rings. The van der Waals surface area contributed by atoms with Gasteiger partial charge in [0.05, 0.1) is 4.83 Å². The monoisotopic (exact) mass is 317 g/mol. The van der Waals surface area contributed by atoms with Crippen LogP contribution < -0.4 is 0 Å². The van der Waals surface area contributed by atoms with Crippen molar-refractivity contribution in [3.05, 3.63) is 0 Å². The lowest BCUT2D eigenvalue weighted by Gasteiger charge is -2.30. The van der Waals surface area contributed by atoms with Crippen molar-refractivity contribution in [2.45, 2.75) is 58.7 Å². The number of carbonyl (C=O) groups is 1. The molecule has 2 nitrogen and oxygen atoms in total. The van der Waals surface area contributed by atoms with E-state index in [2.05, 4.69) is 55.4 Å². The summed E-state index contributed by atoms with van der Waals surface area (Å²) in [7, 11) is 0. The number of likely N-dealkylation sites (tertiary alicyclic amines) is 1. The summed E-state index contributed by atoms with van der Waals surface area (Å²) in [5, 5.41) is 0. The third-order valence-corrected chi connectivity index (χ3v) is 5.53. The van der Waals surface area contributed by atoms with E-state index in [-0.39, 0.29) is 10.7 Å². The van der Waals surface area contributed by atoms with Crippen molar-refractivity contribution in [2.24, 2.45) is 17.3 Å². The summed E-state index contributed by atoms with van der Waals surface area (Å²) >= 11 is 3.53. The average molecular weight is 318 g/mol. The quantitative estimate of drug-likeness (QED) is 0.703. The van der Waals surface area contributed by atoms with Gasteiger partial charge in [0.25, 0.3) is 0 Å². The molecule has 0 spiro atoms. The van der Waals surface area contributed by atoms with E-state index in [1.165, 1.54) is 6.42 Å². The Morgan fingerprint density at radius 1 is 1.22 bits per heavy atom. The first-order valence-corrected chi connectivity index (χ1v) is 8.08. The lowest BCUT2D eigenvalue weighted by molar-refractivity contribution is -0.131. The summed E-state index contributed by atoms with van der Waals surface area (Å²) in [6.07, 6.45) is 3.54. The van der Waals surface area contributed by atoms with Gasteiger partial charge in [-0.2, -0.15) is 0 Å². The molecule has 1 fully saturated rings. The molecule has 0 radical (unpaired) electrons. The second-order valence-corrected chi connectivity index (χ2v) is 7.95. The van der Waals surface area contributed by atoms with Gasteiger partial charge in [-0.25, -0.2) is 0 Å². The molecule has 0 aliphatic carbocycles. The average Bonchev–Trinajstić information content (AvgIpc) is 2.51. The summed E-state index contributed by atoms with van der Waals surface area (Å²) in [5.41, 5.74) is 0.366. The van der Waals surface area contributed by atoms with Crippen molar-refractivity contribution in [1.29, 1.82) is 0 Å². The molecule has 3 heteroatoms. The van der Waals surface area contributed by atoms with Gasteiger partial charge in [-0.1, -0.05) is 50.5 Å². The number of rotatable bonds is 2. The van der Waals surface area contributed by atoms with Crippen molar-refractivity contribution < 1.29 is 4.79 Å². The summed E-state index contributed by atoms with van der Waals surface area (Å²) in [6, 6.07) is 0. The molecule has 1 amide bonds. The van der Waals surface area contributed by atoms with E-state index < -0.39 is 0 Å². The second kappa shape index (κ2) is 6.40. The molecule has 1 saturated heterocycles. The van der Waals surface area contributed by atoms with Crippen molar-refractivity contribution >= 4 is 21.8 Å².